The molecule has 1 aromatic heterocycles. The van der Waals surface area contributed by atoms with Crippen molar-refractivity contribution in [3.8, 4) is 11.5 Å². The van der Waals surface area contributed by atoms with Crippen LogP contribution in [-0.2, 0) is 0 Å². The summed E-state index contributed by atoms with van der Waals surface area (Å²) in [5, 5.41) is 7.31. The third-order valence-corrected chi connectivity index (χ3v) is 5.28. The minimum Gasteiger partial charge on any atom is -0.453 e. The van der Waals surface area contributed by atoms with Crippen LogP contribution in [0.25, 0.3) is 0 Å². The Kier molecular flexibility index (Phi) is 8.41. The third kappa shape index (κ3) is 6.21. The number of anilines is 4. The second-order valence-electron chi connectivity index (χ2n) is 6.76. The zero-order valence-electron chi connectivity index (χ0n) is 17.3. The van der Waals surface area contributed by atoms with Crippen LogP contribution >= 0.6 is 47.2 Å². The Bertz CT molecular complexity index is 1320. The van der Waals surface area contributed by atoms with E-state index in [-0.39, 0.29) is 12.4 Å². The number of nitrogens with two attached hydrogens (primary N) is 1. The first-order valence-corrected chi connectivity index (χ1v) is 10.7. The van der Waals surface area contributed by atoms with Gasteiger partial charge in [-0.1, -0.05) is 46.9 Å². The van der Waals surface area contributed by atoms with Crippen molar-refractivity contribution >= 4 is 76.3 Å². The molecular weight excluding hydrogens is 520 g/mol. The molecule has 4 N–H and O–H groups in total. The van der Waals surface area contributed by atoms with E-state index in [1.165, 1.54) is 0 Å². The smallest absolute Gasteiger partial charge is 0.248 e. The summed E-state index contributed by atoms with van der Waals surface area (Å²) in [6.45, 7) is 0. The van der Waals surface area contributed by atoms with Crippen molar-refractivity contribution in [3.63, 3.8) is 0 Å². The highest BCUT2D eigenvalue weighted by Crippen LogP contribution is 2.39. The molecule has 0 radical (unpaired) electrons. The van der Waals surface area contributed by atoms with E-state index in [2.05, 4.69) is 20.6 Å². The van der Waals surface area contributed by atoms with Gasteiger partial charge in [0.25, 0.3) is 0 Å². The van der Waals surface area contributed by atoms with Crippen molar-refractivity contribution in [2.45, 2.75) is 0 Å². The Labute approximate surface area is 216 Å². The largest absolute Gasteiger partial charge is 0.453 e. The molecule has 0 bridgehead atoms. The topological polar surface area (TPSA) is 102 Å². The van der Waals surface area contributed by atoms with Gasteiger partial charge in [0.2, 0.25) is 11.9 Å². The summed E-state index contributed by atoms with van der Waals surface area (Å²) < 4.78 is 5.80. The maximum atomic E-state index is 11.4. The van der Waals surface area contributed by atoms with Gasteiger partial charge in [-0.2, -0.15) is 4.98 Å². The van der Waals surface area contributed by atoms with Crippen molar-refractivity contribution in [1.82, 2.24) is 9.97 Å². The first-order valence-electron chi connectivity index (χ1n) is 9.57. The number of halogens is 4. The lowest BCUT2D eigenvalue weighted by molar-refractivity contribution is 0.100. The first kappa shape index (κ1) is 25.4. The molecule has 0 saturated heterocycles. The maximum Gasteiger partial charge on any atom is 0.248 e. The van der Waals surface area contributed by atoms with Gasteiger partial charge in [-0.3, -0.25) is 4.79 Å². The van der Waals surface area contributed by atoms with Crippen LogP contribution in [0.2, 0.25) is 15.1 Å². The Morgan fingerprint density at radius 3 is 2.26 bits per heavy atom. The predicted octanol–water partition coefficient (Wildman–Crippen LogP) is 7.24. The van der Waals surface area contributed by atoms with Gasteiger partial charge < -0.3 is 21.1 Å². The summed E-state index contributed by atoms with van der Waals surface area (Å²) in [5.74, 6) is 1.07. The van der Waals surface area contributed by atoms with Crippen LogP contribution < -0.4 is 21.1 Å². The van der Waals surface area contributed by atoms with Crippen LogP contribution in [-0.4, -0.2) is 15.9 Å². The van der Waals surface area contributed by atoms with Gasteiger partial charge in [-0.25, -0.2) is 4.98 Å². The van der Waals surface area contributed by atoms with Gasteiger partial charge >= 0.3 is 0 Å². The van der Waals surface area contributed by atoms with E-state index in [9.17, 15) is 4.79 Å². The molecule has 0 atom stereocenters. The van der Waals surface area contributed by atoms with Crippen LogP contribution in [0.4, 0.5) is 23.1 Å². The molecule has 11 heteroatoms. The number of carbonyl (C=O) groups is 1. The molecule has 7 nitrogen and oxygen atoms in total. The predicted molar refractivity (Wildman–Crippen MR) is 139 cm³/mol. The van der Waals surface area contributed by atoms with Gasteiger partial charge in [0.05, 0.1) is 15.1 Å². The normalized spacial score (nSPS) is 10.2. The number of ether oxygens (including phenoxy) is 1. The lowest BCUT2D eigenvalue weighted by Gasteiger charge is -2.13. The molecule has 0 saturated carbocycles. The molecule has 0 aliphatic heterocycles. The SMILES string of the molecule is Cl.NC(=O)c1cccc(Nc2nccc(Nc3ccc(Oc4c(Cl)cccc4Cl)c(Cl)c3)n2)c1. The Morgan fingerprint density at radius 1 is 0.853 bits per heavy atom. The number of nitrogens with zero attached hydrogens (tertiary/aromatic N) is 2. The van der Waals surface area contributed by atoms with Crippen LogP contribution in [0, 0.1) is 0 Å². The molecule has 34 heavy (non-hydrogen) atoms. The highest BCUT2D eigenvalue weighted by molar-refractivity contribution is 6.37. The monoisotopic (exact) mass is 535 g/mol. The highest BCUT2D eigenvalue weighted by atomic mass is 35.5. The standard InChI is InChI=1S/C23H16Cl3N5O2.ClH/c24-16-5-2-6-17(25)21(16)33-19-8-7-15(12-18(19)26)29-20-9-10-28-23(31-20)30-14-4-1-3-13(11-14)22(27)32;/h1-12H,(H2,27,32)(H2,28,29,30,31);1H. The zero-order chi connectivity index (χ0) is 23.4. The Balaban J connectivity index is 0.00000324. The molecule has 174 valence electrons. The van der Waals surface area contributed by atoms with Crippen LogP contribution in [0.1, 0.15) is 10.4 Å². The van der Waals surface area contributed by atoms with Gasteiger partial charge in [0, 0.05) is 23.1 Å². The number of nitrogens with one attached hydrogen (secondary N) is 2. The number of hydrogen-bond donors (Lipinski definition) is 3. The van der Waals surface area contributed by atoms with Gasteiger partial charge in [-0.05, 0) is 54.6 Å². The zero-order valence-corrected chi connectivity index (χ0v) is 20.3. The van der Waals surface area contributed by atoms with Crippen molar-refractivity contribution in [3.05, 3.63) is 93.6 Å². The minimum atomic E-state index is -0.518. The fourth-order valence-electron chi connectivity index (χ4n) is 2.87. The number of rotatable bonds is 7. The van der Waals surface area contributed by atoms with Crippen molar-refractivity contribution in [1.29, 1.82) is 0 Å². The van der Waals surface area contributed by atoms with E-state index < -0.39 is 5.91 Å². The lowest BCUT2D eigenvalue weighted by Crippen LogP contribution is -2.11. The average Bonchev–Trinajstić information content (AvgIpc) is 2.78. The molecule has 0 unspecified atom stereocenters. The van der Waals surface area contributed by atoms with Crippen molar-refractivity contribution in [2.24, 2.45) is 5.73 Å². The molecule has 0 spiro atoms. The number of para-hydroxylation sites is 1. The molecular formula is C23H17Cl4N5O2. The third-order valence-electron chi connectivity index (χ3n) is 4.39. The number of carbonyl (C=O) groups excluding carboxylic acids is 1. The van der Waals surface area contributed by atoms with Crippen LogP contribution in [0.15, 0.2) is 72.9 Å². The van der Waals surface area contributed by atoms with E-state index >= 15 is 0 Å². The van der Waals surface area contributed by atoms with Crippen molar-refractivity contribution < 1.29 is 9.53 Å². The first-order chi connectivity index (χ1) is 15.9. The molecule has 1 heterocycles. The molecule has 0 aliphatic rings. The second-order valence-corrected chi connectivity index (χ2v) is 7.98. The quantitative estimate of drug-likeness (QED) is 0.230. The fourth-order valence-corrected chi connectivity index (χ4v) is 3.56. The average molecular weight is 537 g/mol. The van der Waals surface area contributed by atoms with E-state index in [1.54, 1.807) is 72.9 Å². The van der Waals surface area contributed by atoms with E-state index in [4.69, 9.17) is 45.3 Å². The molecule has 1 amide bonds. The summed E-state index contributed by atoms with van der Waals surface area (Å²) in [4.78, 5) is 20.0. The van der Waals surface area contributed by atoms with E-state index in [0.29, 0.717) is 55.3 Å². The summed E-state index contributed by atoms with van der Waals surface area (Å²) in [7, 11) is 0. The number of amides is 1. The maximum absolute atomic E-state index is 11.4. The molecule has 0 aliphatic carbocycles. The van der Waals surface area contributed by atoms with Gasteiger partial charge in [0.15, 0.2) is 5.75 Å². The molecule has 4 rings (SSSR count). The summed E-state index contributed by atoms with van der Waals surface area (Å²) >= 11 is 18.7. The van der Waals surface area contributed by atoms with Crippen molar-refractivity contribution in [2.75, 3.05) is 10.6 Å². The minimum absolute atomic E-state index is 0. The summed E-state index contributed by atoms with van der Waals surface area (Å²) in [5.41, 5.74) is 7.01. The Hall–Kier alpha value is -3.23. The second kappa shape index (κ2) is 11.3. The lowest BCUT2D eigenvalue weighted by atomic mass is 10.2. The number of benzene rings is 3. The molecule has 0 fully saturated rings. The van der Waals surface area contributed by atoms with Gasteiger partial charge in [0.1, 0.15) is 11.6 Å². The van der Waals surface area contributed by atoms with E-state index in [1.807, 2.05) is 0 Å². The molecule has 4 aromatic rings. The number of hydrogen-bond acceptors (Lipinski definition) is 6. The highest BCUT2D eigenvalue weighted by Gasteiger charge is 2.11. The fraction of sp³-hybridized carbons (Fsp3) is 0. The van der Waals surface area contributed by atoms with E-state index in [0.717, 1.165) is 0 Å². The number of aromatic nitrogens is 2. The summed E-state index contributed by atoms with van der Waals surface area (Å²) in [6.07, 6.45) is 1.59. The molecule has 3 aromatic carbocycles. The van der Waals surface area contributed by atoms with Crippen LogP contribution in [0.3, 0.4) is 0 Å². The Morgan fingerprint density at radius 2 is 1.56 bits per heavy atom. The summed E-state index contributed by atoms with van der Waals surface area (Å²) in [6, 6.07) is 18.7. The number of primary amides is 1. The van der Waals surface area contributed by atoms with Crippen LogP contribution in [0.5, 0.6) is 11.5 Å². The van der Waals surface area contributed by atoms with Gasteiger partial charge in [-0.15, -0.1) is 12.4 Å².